The van der Waals surface area contributed by atoms with E-state index in [2.05, 4.69) is 10.7 Å². The number of hydrogen-bond acceptors (Lipinski definition) is 8. The zero-order chi connectivity index (χ0) is 28.9. The molecule has 0 spiro atoms. The molecule has 0 N–H and O–H groups in total. The summed E-state index contributed by atoms with van der Waals surface area (Å²) in [5.74, 6) is -0.349. The molecular weight excluding hydrogens is 539 g/mol. The van der Waals surface area contributed by atoms with Gasteiger partial charge < -0.3 is 23.8 Å². The molecule has 40 heavy (non-hydrogen) atoms. The van der Waals surface area contributed by atoms with Gasteiger partial charge in [-0.25, -0.2) is 22.6 Å². The van der Waals surface area contributed by atoms with Gasteiger partial charge in [-0.15, -0.1) is 0 Å². The summed E-state index contributed by atoms with van der Waals surface area (Å²) < 4.78 is 64.2. The number of rotatable bonds is 6. The lowest BCUT2D eigenvalue weighted by molar-refractivity contribution is 0.00725. The summed E-state index contributed by atoms with van der Waals surface area (Å²) in [7, 11) is -2.13. The van der Waals surface area contributed by atoms with Gasteiger partial charge in [0.2, 0.25) is 5.90 Å². The summed E-state index contributed by atoms with van der Waals surface area (Å²) in [6.45, 7) is 6.41. The maximum absolute atomic E-state index is 15.4. The van der Waals surface area contributed by atoms with Gasteiger partial charge in [-0.05, 0) is 57.9 Å². The quantitative estimate of drug-likeness (QED) is 0.408. The molecule has 0 aromatic carbocycles. The van der Waals surface area contributed by atoms with E-state index < -0.39 is 38.7 Å². The number of ether oxygens (including phenoxy) is 4. The first-order valence-electron chi connectivity index (χ1n) is 13.5. The van der Waals surface area contributed by atoms with E-state index in [1.165, 1.54) is 13.2 Å². The predicted molar refractivity (Wildman–Crippen MR) is 149 cm³/mol. The molecule has 1 amide bonds. The summed E-state index contributed by atoms with van der Waals surface area (Å²) in [6, 6.07) is 0. The number of amides is 1. The number of halogens is 1. The lowest BCUT2D eigenvalue weighted by Gasteiger charge is -2.34. The number of sulfone groups is 1. The van der Waals surface area contributed by atoms with Gasteiger partial charge in [0, 0.05) is 45.7 Å². The highest BCUT2D eigenvalue weighted by Gasteiger charge is 2.38. The number of methoxy groups -OCH3 is 1. The molecule has 2 aliphatic carbocycles. The van der Waals surface area contributed by atoms with Gasteiger partial charge in [0.15, 0.2) is 27.8 Å². The van der Waals surface area contributed by atoms with Gasteiger partial charge >= 0.3 is 6.09 Å². The SMILES string of the molecule is COC1C(OC2CC=CC=C(S(=O)(=O)C3CC3)C=C2F)=C=C/C=C\N=C1OC1CCN(C(=O)OC(C)(C)C)CC1. The molecule has 0 aromatic heterocycles. The third-order valence-electron chi connectivity index (χ3n) is 6.58. The first kappa shape index (κ1) is 29.8. The minimum absolute atomic E-state index is 0.0613. The molecule has 2 heterocycles. The Morgan fingerprint density at radius 1 is 1.12 bits per heavy atom. The van der Waals surface area contributed by atoms with Gasteiger partial charge in [-0.3, -0.25) is 0 Å². The van der Waals surface area contributed by atoms with Crippen LogP contribution in [0.25, 0.3) is 0 Å². The fourth-order valence-corrected chi connectivity index (χ4v) is 6.04. The minimum Gasteiger partial charge on any atom is -0.476 e. The second-order valence-electron chi connectivity index (χ2n) is 11.0. The summed E-state index contributed by atoms with van der Waals surface area (Å²) in [5, 5.41) is -0.456. The fourth-order valence-electron chi connectivity index (χ4n) is 4.35. The largest absolute Gasteiger partial charge is 0.476 e. The van der Waals surface area contributed by atoms with Crippen LogP contribution in [-0.2, 0) is 28.8 Å². The van der Waals surface area contributed by atoms with E-state index in [0.717, 1.165) is 6.08 Å². The molecule has 0 bridgehead atoms. The van der Waals surface area contributed by atoms with Crippen LogP contribution in [0.3, 0.4) is 0 Å². The average molecular weight is 577 g/mol. The molecule has 1 saturated carbocycles. The fraction of sp³-hybridized carbons (Fsp3) is 0.552. The Kier molecular flexibility index (Phi) is 9.38. The summed E-state index contributed by atoms with van der Waals surface area (Å²) >= 11 is 0. The predicted octanol–water partition coefficient (Wildman–Crippen LogP) is 5.04. The number of likely N-dealkylation sites (tertiary alicyclic amines) is 1. The number of aliphatic imine (C=N–C) groups is 1. The zero-order valence-corrected chi connectivity index (χ0v) is 24.2. The van der Waals surface area contributed by atoms with Crippen molar-refractivity contribution in [2.45, 2.75) is 82.0 Å². The maximum Gasteiger partial charge on any atom is 0.410 e. The van der Waals surface area contributed by atoms with Crippen LogP contribution in [0, 0.1) is 0 Å². The molecular formula is C29H37FN2O7S. The van der Waals surface area contributed by atoms with Crippen molar-refractivity contribution >= 4 is 21.8 Å². The highest BCUT2D eigenvalue weighted by molar-refractivity contribution is 7.96. The summed E-state index contributed by atoms with van der Waals surface area (Å²) in [5.41, 5.74) is 2.41. The summed E-state index contributed by atoms with van der Waals surface area (Å²) in [6.07, 6.45) is 10.3. The lowest BCUT2D eigenvalue weighted by Crippen LogP contribution is -2.44. The molecule has 2 fully saturated rings. The molecule has 4 aliphatic rings. The first-order chi connectivity index (χ1) is 19.0. The van der Waals surface area contributed by atoms with E-state index in [4.69, 9.17) is 18.9 Å². The third kappa shape index (κ3) is 7.74. The molecule has 218 valence electrons. The number of carbonyl (C=O) groups is 1. The van der Waals surface area contributed by atoms with Crippen molar-refractivity contribution in [3.8, 4) is 0 Å². The Bertz CT molecular complexity index is 1290. The van der Waals surface area contributed by atoms with Crippen LogP contribution in [0.2, 0.25) is 0 Å². The molecule has 2 unspecified atom stereocenters. The van der Waals surface area contributed by atoms with Gasteiger partial charge in [0.05, 0.1) is 10.2 Å². The van der Waals surface area contributed by atoms with Crippen molar-refractivity contribution in [3.63, 3.8) is 0 Å². The Morgan fingerprint density at radius 3 is 2.50 bits per heavy atom. The van der Waals surface area contributed by atoms with Crippen LogP contribution in [0.1, 0.15) is 52.9 Å². The number of hydrogen-bond donors (Lipinski definition) is 0. The Morgan fingerprint density at radius 2 is 1.85 bits per heavy atom. The van der Waals surface area contributed by atoms with E-state index in [-0.39, 0.29) is 35.2 Å². The van der Waals surface area contributed by atoms with Crippen molar-refractivity contribution in [1.82, 2.24) is 4.90 Å². The van der Waals surface area contributed by atoms with Crippen molar-refractivity contribution in [2.75, 3.05) is 20.2 Å². The van der Waals surface area contributed by atoms with Gasteiger partial charge in [-0.2, -0.15) is 0 Å². The number of nitrogens with zero attached hydrogens (tertiary/aromatic N) is 2. The Labute approximate surface area is 235 Å². The van der Waals surface area contributed by atoms with E-state index in [1.807, 2.05) is 20.8 Å². The van der Waals surface area contributed by atoms with Crippen LogP contribution in [0.5, 0.6) is 0 Å². The molecule has 4 rings (SSSR count). The Hall–Kier alpha value is -3.14. The molecule has 9 nitrogen and oxygen atoms in total. The number of piperidine rings is 1. The zero-order valence-electron chi connectivity index (χ0n) is 23.3. The third-order valence-corrected chi connectivity index (χ3v) is 8.84. The normalized spacial score (nSPS) is 25.3. The van der Waals surface area contributed by atoms with Gasteiger partial charge in [-0.1, -0.05) is 17.9 Å². The van der Waals surface area contributed by atoms with Crippen molar-refractivity contribution in [2.24, 2.45) is 4.99 Å². The van der Waals surface area contributed by atoms with Crippen molar-refractivity contribution in [1.29, 1.82) is 0 Å². The minimum atomic E-state index is -3.58. The van der Waals surface area contributed by atoms with E-state index in [0.29, 0.717) is 38.8 Å². The van der Waals surface area contributed by atoms with Crippen LogP contribution >= 0.6 is 0 Å². The first-order valence-corrected chi connectivity index (χ1v) is 15.0. The van der Waals surface area contributed by atoms with Crippen LogP contribution in [0.15, 0.2) is 69.9 Å². The van der Waals surface area contributed by atoms with Gasteiger partial charge in [0.25, 0.3) is 0 Å². The average Bonchev–Trinajstić information content (AvgIpc) is 3.72. The highest BCUT2D eigenvalue weighted by Crippen LogP contribution is 2.35. The lowest BCUT2D eigenvalue weighted by atomic mass is 10.1. The van der Waals surface area contributed by atoms with E-state index in [9.17, 15) is 13.2 Å². The van der Waals surface area contributed by atoms with Crippen LogP contribution in [0.4, 0.5) is 9.18 Å². The molecule has 11 heteroatoms. The molecule has 0 radical (unpaired) electrons. The molecule has 2 atom stereocenters. The van der Waals surface area contributed by atoms with Crippen molar-refractivity contribution < 1.29 is 36.6 Å². The second kappa shape index (κ2) is 12.6. The van der Waals surface area contributed by atoms with Gasteiger partial charge in [0.1, 0.15) is 17.5 Å². The molecule has 2 aliphatic heterocycles. The van der Waals surface area contributed by atoms with E-state index in [1.54, 1.807) is 35.4 Å². The smallest absolute Gasteiger partial charge is 0.410 e. The number of allylic oxidation sites excluding steroid dienone is 4. The van der Waals surface area contributed by atoms with Crippen LogP contribution < -0.4 is 0 Å². The Balaban J connectivity index is 1.45. The van der Waals surface area contributed by atoms with E-state index >= 15 is 4.39 Å². The highest BCUT2D eigenvalue weighted by atomic mass is 32.2. The summed E-state index contributed by atoms with van der Waals surface area (Å²) in [4.78, 5) is 18.4. The topological polar surface area (TPSA) is 104 Å². The molecule has 1 saturated heterocycles. The molecule has 0 aromatic rings. The standard InChI is InChI=1S/C29H37FN2O7S/c1-29(2,3)39-28(33)32-17-14-20(15-18-32)37-27-26(36-4)25(11-7-8-16-31-27)38-24-10-6-5-9-22(19-23(24)30)40(34,35)21-12-13-21/h5-9,16,19-21,24,26H,10,12-15,17-18H2,1-4H3/b6-5?,16-8-,22-9?,23-19?,31-27?. The van der Waals surface area contributed by atoms with Crippen LogP contribution in [-0.4, -0.2) is 74.7 Å². The number of carbonyl (C=O) groups excluding carboxylic acids is 1. The maximum atomic E-state index is 15.4. The second-order valence-corrected chi connectivity index (χ2v) is 13.2. The van der Waals surface area contributed by atoms with Crippen molar-refractivity contribution in [3.05, 3.63) is 64.9 Å². The monoisotopic (exact) mass is 576 g/mol.